The number of thiocarbonyl (C=S) groups is 1. The van der Waals surface area contributed by atoms with Crippen LogP contribution in [0.5, 0.6) is 0 Å². The van der Waals surface area contributed by atoms with Gasteiger partial charge in [-0.3, -0.25) is 5.43 Å². The predicted octanol–water partition coefficient (Wildman–Crippen LogP) is 0.817. The van der Waals surface area contributed by atoms with Crippen molar-refractivity contribution in [2.45, 2.75) is 0 Å². The summed E-state index contributed by atoms with van der Waals surface area (Å²) >= 11 is 7.67. The maximum absolute atomic E-state index is 5.18. The fourth-order valence-corrected chi connectivity index (χ4v) is 0.615. The highest BCUT2D eigenvalue weighted by Gasteiger charge is 1.84. The fraction of sp³-hybridized carbons (Fsp3) is 0.500. The first kappa shape index (κ1) is 10.2. The summed E-state index contributed by atoms with van der Waals surface area (Å²) in [5.41, 5.74) is 9.47. The summed E-state index contributed by atoms with van der Waals surface area (Å²) in [6, 6.07) is 0. The van der Waals surface area contributed by atoms with E-state index in [1.807, 2.05) is 6.26 Å². The van der Waals surface area contributed by atoms with E-state index in [9.17, 15) is 0 Å². The standard InChI is InChI=1S/C4H9N3S3/c1-9-4(8)7-6-3-10-2-5/h3H,2,5H2,1H3,(H,7,8)/b6-3+. The van der Waals surface area contributed by atoms with Crippen molar-refractivity contribution in [3.05, 3.63) is 0 Å². The molecule has 0 spiro atoms. The van der Waals surface area contributed by atoms with Gasteiger partial charge in [0.2, 0.25) is 0 Å². The molecule has 0 saturated heterocycles. The number of hydrogen-bond donors (Lipinski definition) is 2. The highest BCUT2D eigenvalue weighted by molar-refractivity contribution is 8.22. The second kappa shape index (κ2) is 7.33. The van der Waals surface area contributed by atoms with E-state index in [-0.39, 0.29) is 0 Å². The average molecular weight is 195 g/mol. The zero-order chi connectivity index (χ0) is 7.82. The van der Waals surface area contributed by atoms with Crippen molar-refractivity contribution >= 4 is 45.6 Å². The molecule has 0 heterocycles. The molecule has 0 saturated carbocycles. The molecule has 0 aromatic rings. The van der Waals surface area contributed by atoms with Gasteiger partial charge in [0.1, 0.15) is 0 Å². The summed E-state index contributed by atoms with van der Waals surface area (Å²) in [7, 11) is 0. The number of thioether (sulfide) groups is 2. The van der Waals surface area contributed by atoms with Crippen LogP contribution >= 0.6 is 35.7 Å². The number of nitrogens with one attached hydrogen (secondary N) is 1. The Morgan fingerprint density at radius 1 is 1.90 bits per heavy atom. The van der Waals surface area contributed by atoms with Gasteiger partial charge in [-0.1, -0.05) is 35.7 Å². The minimum Gasteiger partial charge on any atom is -0.322 e. The SMILES string of the molecule is CSC(=S)N/N=C/SCN. The van der Waals surface area contributed by atoms with E-state index in [1.54, 1.807) is 5.55 Å². The van der Waals surface area contributed by atoms with E-state index in [2.05, 4.69) is 10.5 Å². The Bertz CT molecular complexity index is 125. The normalized spacial score (nSPS) is 10.2. The van der Waals surface area contributed by atoms with Gasteiger partial charge < -0.3 is 5.73 Å². The molecular weight excluding hydrogens is 186 g/mol. The van der Waals surface area contributed by atoms with Gasteiger partial charge in [-0.2, -0.15) is 5.10 Å². The monoisotopic (exact) mass is 195 g/mol. The van der Waals surface area contributed by atoms with Gasteiger partial charge in [-0.15, -0.1) is 0 Å². The predicted molar refractivity (Wildman–Crippen MR) is 54.4 cm³/mol. The zero-order valence-electron chi connectivity index (χ0n) is 5.53. The van der Waals surface area contributed by atoms with Crippen molar-refractivity contribution in [1.82, 2.24) is 5.43 Å². The number of hydrogen-bond acceptors (Lipinski definition) is 5. The second-order valence-electron chi connectivity index (χ2n) is 1.17. The Hall–Kier alpha value is 0.220. The summed E-state index contributed by atoms with van der Waals surface area (Å²) in [4.78, 5) is 0. The molecule has 0 aliphatic rings. The summed E-state index contributed by atoms with van der Waals surface area (Å²) in [6.45, 7) is 0. The number of nitrogens with two attached hydrogens (primary N) is 1. The highest BCUT2D eigenvalue weighted by atomic mass is 32.2. The van der Waals surface area contributed by atoms with Crippen LogP contribution in [0.4, 0.5) is 0 Å². The molecule has 0 unspecified atom stereocenters. The van der Waals surface area contributed by atoms with Gasteiger partial charge in [-0.05, 0) is 6.26 Å². The molecule has 0 fully saturated rings. The molecule has 6 heteroatoms. The molecule has 10 heavy (non-hydrogen) atoms. The lowest BCUT2D eigenvalue weighted by Crippen LogP contribution is -2.09. The smallest absolute Gasteiger partial charge is 0.153 e. The summed E-state index contributed by atoms with van der Waals surface area (Å²) in [5, 5.41) is 3.78. The van der Waals surface area contributed by atoms with Gasteiger partial charge in [0, 0.05) is 5.88 Å². The van der Waals surface area contributed by atoms with Crippen molar-refractivity contribution in [1.29, 1.82) is 0 Å². The molecule has 0 bridgehead atoms. The topological polar surface area (TPSA) is 50.4 Å². The zero-order valence-corrected chi connectivity index (χ0v) is 7.98. The lowest BCUT2D eigenvalue weighted by atomic mass is 11.4. The van der Waals surface area contributed by atoms with E-state index >= 15 is 0 Å². The van der Waals surface area contributed by atoms with Crippen molar-refractivity contribution in [2.75, 3.05) is 12.1 Å². The maximum Gasteiger partial charge on any atom is 0.153 e. The van der Waals surface area contributed by atoms with Gasteiger partial charge in [-0.25, -0.2) is 0 Å². The van der Waals surface area contributed by atoms with Crippen molar-refractivity contribution < 1.29 is 0 Å². The lowest BCUT2D eigenvalue weighted by Gasteiger charge is -1.94. The molecule has 3 nitrogen and oxygen atoms in total. The van der Waals surface area contributed by atoms with Gasteiger partial charge >= 0.3 is 0 Å². The third-order valence-electron chi connectivity index (χ3n) is 0.565. The molecule has 3 N–H and O–H groups in total. The molecule has 0 rings (SSSR count). The summed E-state index contributed by atoms with van der Waals surface area (Å²) in [6.07, 6.45) is 1.89. The Morgan fingerprint density at radius 2 is 2.60 bits per heavy atom. The van der Waals surface area contributed by atoms with E-state index in [4.69, 9.17) is 18.0 Å². The second-order valence-corrected chi connectivity index (χ2v) is 3.53. The van der Waals surface area contributed by atoms with E-state index in [1.165, 1.54) is 23.5 Å². The van der Waals surface area contributed by atoms with Gasteiger partial charge in [0.15, 0.2) is 4.32 Å². The number of hydrazone groups is 1. The molecular formula is C4H9N3S3. The molecule has 0 aromatic carbocycles. The summed E-state index contributed by atoms with van der Waals surface area (Å²) < 4.78 is 0.661. The van der Waals surface area contributed by atoms with Crippen LogP contribution in [0.1, 0.15) is 0 Å². The minimum atomic E-state index is 0.539. The Morgan fingerprint density at radius 3 is 3.10 bits per heavy atom. The quantitative estimate of drug-likeness (QED) is 0.229. The Kier molecular flexibility index (Phi) is 7.49. The molecule has 0 aliphatic heterocycles. The Labute approximate surface area is 74.2 Å². The molecule has 58 valence electrons. The Balaban J connectivity index is 3.25. The molecule has 0 amide bonds. The van der Waals surface area contributed by atoms with Crippen LogP contribution in [-0.2, 0) is 0 Å². The first-order chi connectivity index (χ1) is 4.81. The third kappa shape index (κ3) is 6.34. The molecule has 0 aliphatic carbocycles. The molecule has 0 aromatic heterocycles. The minimum absolute atomic E-state index is 0.539. The van der Waals surface area contributed by atoms with Crippen molar-refractivity contribution in [3.63, 3.8) is 0 Å². The average Bonchev–Trinajstić information content (AvgIpc) is 1.98. The van der Waals surface area contributed by atoms with E-state index < -0.39 is 0 Å². The third-order valence-corrected chi connectivity index (χ3v) is 2.06. The van der Waals surface area contributed by atoms with Crippen LogP contribution in [0.15, 0.2) is 5.10 Å². The van der Waals surface area contributed by atoms with E-state index in [0.29, 0.717) is 10.2 Å². The van der Waals surface area contributed by atoms with Crippen LogP contribution in [0, 0.1) is 0 Å². The highest BCUT2D eigenvalue weighted by Crippen LogP contribution is 1.93. The lowest BCUT2D eigenvalue weighted by molar-refractivity contribution is 1.08. The molecule has 0 radical (unpaired) electrons. The van der Waals surface area contributed by atoms with Crippen LogP contribution in [0.3, 0.4) is 0 Å². The van der Waals surface area contributed by atoms with Crippen LogP contribution < -0.4 is 11.2 Å². The van der Waals surface area contributed by atoms with Crippen LogP contribution in [-0.4, -0.2) is 22.0 Å². The molecule has 0 atom stereocenters. The van der Waals surface area contributed by atoms with Crippen LogP contribution in [0.2, 0.25) is 0 Å². The fourth-order valence-electron chi connectivity index (χ4n) is 0.205. The van der Waals surface area contributed by atoms with Gasteiger partial charge in [0.25, 0.3) is 0 Å². The van der Waals surface area contributed by atoms with Crippen LogP contribution in [0.25, 0.3) is 0 Å². The first-order valence-electron chi connectivity index (χ1n) is 2.48. The number of rotatable bonds is 3. The summed E-state index contributed by atoms with van der Waals surface area (Å²) in [5.74, 6) is 0.539. The number of nitrogens with zero attached hydrogens (tertiary/aromatic N) is 1. The van der Waals surface area contributed by atoms with Crippen molar-refractivity contribution in [3.8, 4) is 0 Å². The largest absolute Gasteiger partial charge is 0.322 e. The maximum atomic E-state index is 5.18. The first-order valence-corrected chi connectivity index (χ1v) is 5.16. The van der Waals surface area contributed by atoms with E-state index in [0.717, 1.165) is 0 Å². The van der Waals surface area contributed by atoms with Crippen molar-refractivity contribution in [2.24, 2.45) is 10.8 Å². The van der Waals surface area contributed by atoms with Gasteiger partial charge in [0.05, 0.1) is 5.55 Å².